The van der Waals surface area contributed by atoms with Gasteiger partial charge in [-0.3, -0.25) is 13.8 Å². The summed E-state index contributed by atoms with van der Waals surface area (Å²) in [7, 11) is 0. The van der Waals surface area contributed by atoms with E-state index >= 15 is 0 Å². The second kappa shape index (κ2) is 6.70. The first-order chi connectivity index (χ1) is 11.2. The Bertz CT molecular complexity index is 902. The summed E-state index contributed by atoms with van der Waals surface area (Å²) >= 11 is 1.54. The van der Waals surface area contributed by atoms with Gasteiger partial charge in [0.05, 0.1) is 10.9 Å². The van der Waals surface area contributed by atoms with Gasteiger partial charge in [0.15, 0.2) is 5.16 Å². The van der Waals surface area contributed by atoms with Crippen molar-refractivity contribution in [3.05, 3.63) is 34.4 Å². The minimum Gasteiger partial charge on any atom is -0.276 e. The van der Waals surface area contributed by atoms with Gasteiger partial charge >= 0.3 is 0 Å². The molecule has 5 nitrogen and oxygen atoms in total. The van der Waals surface area contributed by atoms with Gasteiger partial charge in [-0.2, -0.15) is 0 Å². The number of aromatic nitrogens is 4. The molecule has 2 aromatic heterocycles. The predicted molar refractivity (Wildman–Crippen MR) is 90.6 cm³/mol. The van der Waals surface area contributed by atoms with E-state index in [4.69, 9.17) is 0 Å². The van der Waals surface area contributed by atoms with Crippen LogP contribution in [0.25, 0.3) is 16.7 Å². The molecule has 0 fully saturated rings. The fourth-order valence-electron chi connectivity index (χ4n) is 2.61. The second-order valence-electron chi connectivity index (χ2n) is 5.41. The highest BCUT2D eigenvalue weighted by Crippen LogP contribution is 2.24. The van der Waals surface area contributed by atoms with Crippen LogP contribution in [0.2, 0.25) is 0 Å². The summed E-state index contributed by atoms with van der Waals surface area (Å²) in [4.78, 5) is 12.7. The third kappa shape index (κ3) is 2.73. The Morgan fingerprint density at radius 2 is 2.04 bits per heavy atom. The first kappa shape index (κ1) is 16.0. The number of benzene rings is 1. The Labute approximate surface area is 137 Å². The van der Waals surface area contributed by atoms with E-state index in [2.05, 4.69) is 17.1 Å². The molecule has 7 heteroatoms. The summed E-state index contributed by atoms with van der Waals surface area (Å²) in [5.41, 5.74) is 0.0511. The number of nitrogens with zero attached hydrogens (tertiary/aromatic N) is 4. The molecule has 0 bridgehead atoms. The number of halogens is 1. The van der Waals surface area contributed by atoms with Crippen LogP contribution in [0.3, 0.4) is 0 Å². The second-order valence-corrected chi connectivity index (χ2v) is 6.47. The molecule has 0 atom stereocenters. The fourth-order valence-corrected chi connectivity index (χ4v) is 3.63. The number of unbranched alkanes of at least 4 members (excludes halogenated alkanes) is 1. The first-order valence-electron chi connectivity index (χ1n) is 7.88. The minimum absolute atomic E-state index is 0.216. The molecule has 23 heavy (non-hydrogen) atoms. The van der Waals surface area contributed by atoms with E-state index in [0.717, 1.165) is 25.0 Å². The lowest BCUT2D eigenvalue weighted by Crippen LogP contribution is -2.23. The molecule has 3 rings (SSSR count). The van der Waals surface area contributed by atoms with Crippen LogP contribution in [0.15, 0.2) is 28.2 Å². The molecule has 122 valence electrons. The highest BCUT2D eigenvalue weighted by Gasteiger charge is 2.18. The number of aryl methyl sites for hydroxylation is 1. The number of thioether (sulfide) groups is 1. The van der Waals surface area contributed by atoms with Gasteiger partial charge in [0.2, 0.25) is 5.78 Å². The van der Waals surface area contributed by atoms with Gasteiger partial charge in [-0.15, -0.1) is 10.2 Å². The molecular weight excluding hydrogens is 315 g/mol. The zero-order valence-electron chi connectivity index (χ0n) is 13.3. The molecule has 0 saturated heterocycles. The number of hydrogen-bond acceptors (Lipinski definition) is 4. The van der Waals surface area contributed by atoms with Crippen LogP contribution in [0.4, 0.5) is 4.39 Å². The fraction of sp³-hybridized carbons (Fsp3) is 0.438. The van der Waals surface area contributed by atoms with Crippen molar-refractivity contribution in [3.63, 3.8) is 0 Å². The van der Waals surface area contributed by atoms with Gasteiger partial charge in [0.25, 0.3) is 5.56 Å². The summed E-state index contributed by atoms with van der Waals surface area (Å²) in [5.74, 6) is 0.874. The lowest BCUT2D eigenvalue weighted by molar-refractivity contribution is 0.626. The molecule has 3 aromatic rings. The Hall–Kier alpha value is -1.89. The third-order valence-corrected chi connectivity index (χ3v) is 4.74. The van der Waals surface area contributed by atoms with Gasteiger partial charge in [0, 0.05) is 12.3 Å². The number of para-hydroxylation sites is 1. The lowest BCUT2D eigenvalue weighted by atomic mass is 10.2. The zero-order valence-corrected chi connectivity index (χ0v) is 14.1. The summed E-state index contributed by atoms with van der Waals surface area (Å²) in [6.07, 6.45) is 2.93. The Morgan fingerprint density at radius 3 is 2.78 bits per heavy atom. The van der Waals surface area contributed by atoms with Crippen molar-refractivity contribution in [1.82, 2.24) is 19.2 Å². The first-order valence-corrected chi connectivity index (χ1v) is 8.86. The van der Waals surface area contributed by atoms with Crippen molar-refractivity contribution in [2.24, 2.45) is 0 Å². The SMILES string of the molecule is CCCCSc1nnc2n(CCC)c(=O)c3cccc(F)c3n12. The molecule has 1 aromatic carbocycles. The summed E-state index contributed by atoms with van der Waals surface area (Å²) in [6, 6.07) is 4.59. The Kier molecular flexibility index (Phi) is 4.66. The van der Waals surface area contributed by atoms with Crippen molar-refractivity contribution in [2.75, 3.05) is 5.75 Å². The molecule has 2 heterocycles. The van der Waals surface area contributed by atoms with Gasteiger partial charge in [-0.25, -0.2) is 4.39 Å². The number of fused-ring (bicyclic) bond motifs is 3. The smallest absolute Gasteiger partial charge is 0.262 e. The molecule has 0 aliphatic carbocycles. The minimum atomic E-state index is -0.426. The van der Waals surface area contributed by atoms with Crippen LogP contribution in [0, 0.1) is 5.82 Å². The third-order valence-electron chi connectivity index (χ3n) is 3.72. The highest BCUT2D eigenvalue weighted by molar-refractivity contribution is 7.99. The van der Waals surface area contributed by atoms with E-state index in [1.54, 1.807) is 32.9 Å². The van der Waals surface area contributed by atoms with Crippen LogP contribution >= 0.6 is 11.8 Å². The Balaban J connectivity index is 2.33. The zero-order chi connectivity index (χ0) is 16.4. The highest BCUT2D eigenvalue weighted by atomic mass is 32.2. The van der Waals surface area contributed by atoms with E-state index < -0.39 is 5.82 Å². The van der Waals surface area contributed by atoms with Crippen LogP contribution in [-0.2, 0) is 6.54 Å². The number of hydrogen-bond donors (Lipinski definition) is 0. The van der Waals surface area contributed by atoms with Gasteiger partial charge in [-0.05, 0) is 25.0 Å². The van der Waals surface area contributed by atoms with Crippen molar-refractivity contribution in [2.45, 2.75) is 44.8 Å². The molecule has 0 aliphatic heterocycles. The average molecular weight is 334 g/mol. The molecule has 0 saturated carbocycles. The van der Waals surface area contributed by atoms with Crippen LogP contribution in [-0.4, -0.2) is 24.9 Å². The quantitative estimate of drug-likeness (QED) is 0.511. The molecule has 0 radical (unpaired) electrons. The largest absolute Gasteiger partial charge is 0.276 e. The van der Waals surface area contributed by atoms with Gasteiger partial charge in [-0.1, -0.05) is 38.1 Å². The van der Waals surface area contributed by atoms with Crippen molar-refractivity contribution in [3.8, 4) is 0 Å². The van der Waals surface area contributed by atoms with Crippen LogP contribution < -0.4 is 5.56 Å². The molecule has 0 amide bonds. The van der Waals surface area contributed by atoms with Crippen molar-refractivity contribution in [1.29, 1.82) is 0 Å². The molecule has 0 unspecified atom stereocenters. The summed E-state index contributed by atoms with van der Waals surface area (Å²) in [5, 5.41) is 9.35. The standard InChI is InChI=1S/C16H19FN4OS/c1-3-5-10-23-16-19-18-15-20(9-4-2)14(22)11-7-6-8-12(17)13(11)21(15)16/h6-8H,3-5,9-10H2,1-2H3. The Morgan fingerprint density at radius 1 is 1.22 bits per heavy atom. The van der Waals surface area contributed by atoms with E-state index in [1.807, 2.05) is 6.92 Å². The lowest BCUT2D eigenvalue weighted by Gasteiger charge is -2.10. The molecule has 0 aliphatic rings. The van der Waals surface area contributed by atoms with E-state index in [9.17, 15) is 9.18 Å². The maximum atomic E-state index is 14.4. The maximum absolute atomic E-state index is 14.4. The van der Waals surface area contributed by atoms with E-state index in [-0.39, 0.29) is 11.1 Å². The van der Waals surface area contributed by atoms with E-state index in [1.165, 1.54) is 6.07 Å². The topological polar surface area (TPSA) is 52.2 Å². The van der Waals surface area contributed by atoms with E-state index in [0.29, 0.717) is 22.9 Å². The van der Waals surface area contributed by atoms with Gasteiger partial charge in [0.1, 0.15) is 5.82 Å². The summed E-state index contributed by atoms with van der Waals surface area (Å²) in [6.45, 7) is 4.65. The monoisotopic (exact) mass is 334 g/mol. The average Bonchev–Trinajstić information content (AvgIpc) is 2.95. The molecule has 0 N–H and O–H groups in total. The van der Waals surface area contributed by atoms with Crippen molar-refractivity contribution < 1.29 is 4.39 Å². The van der Waals surface area contributed by atoms with Crippen molar-refractivity contribution >= 4 is 28.4 Å². The van der Waals surface area contributed by atoms with Gasteiger partial charge < -0.3 is 0 Å². The number of rotatable bonds is 6. The van der Waals surface area contributed by atoms with Crippen LogP contribution in [0.5, 0.6) is 0 Å². The maximum Gasteiger partial charge on any atom is 0.262 e. The van der Waals surface area contributed by atoms with Crippen LogP contribution in [0.1, 0.15) is 33.1 Å². The molecule has 0 spiro atoms. The predicted octanol–water partition coefficient (Wildman–Crippen LogP) is 3.49. The summed E-state index contributed by atoms with van der Waals surface area (Å²) < 4.78 is 17.7. The molecular formula is C16H19FN4OS. The normalized spacial score (nSPS) is 11.6.